The van der Waals surface area contributed by atoms with Crippen LogP contribution in [-0.2, 0) is 10.0 Å². The van der Waals surface area contributed by atoms with Crippen molar-refractivity contribution in [1.29, 1.82) is 0 Å². The smallest absolute Gasteiger partial charge is 0.238 e. The minimum atomic E-state index is -3.64. The van der Waals surface area contributed by atoms with Gasteiger partial charge in [-0.1, -0.05) is 6.92 Å². The molecule has 0 radical (unpaired) electrons. The normalized spacial score (nSPS) is 24.0. The minimum Gasteiger partial charge on any atom is -0.492 e. The zero-order chi connectivity index (χ0) is 15.5. The maximum Gasteiger partial charge on any atom is 0.238 e. The topological polar surface area (TPSA) is 98.6 Å². The highest BCUT2D eigenvalue weighted by Gasteiger charge is 2.22. The molecule has 0 bridgehead atoms. The van der Waals surface area contributed by atoms with Crippen molar-refractivity contribution in [1.82, 2.24) is 4.90 Å². The van der Waals surface area contributed by atoms with Crippen LogP contribution in [0.2, 0.25) is 0 Å². The first-order chi connectivity index (χ1) is 9.86. The Morgan fingerprint density at radius 2 is 2.00 bits per heavy atom. The van der Waals surface area contributed by atoms with E-state index in [0.29, 0.717) is 24.3 Å². The van der Waals surface area contributed by atoms with Gasteiger partial charge in [-0.3, -0.25) is 4.90 Å². The predicted molar refractivity (Wildman–Crippen MR) is 81.5 cm³/mol. The lowest BCUT2D eigenvalue weighted by atomic mass is 9.95. The molecule has 118 valence electrons. The van der Waals surface area contributed by atoms with Gasteiger partial charge >= 0.3 is 0 Å². The molecule has 1 fully saturated rings. The molecule has 1 aliphatic rings. The Balaban J connectivity index is 1.79. The second kappa shape index (κ2) is 6.74. The Morgan fingerprint density at radius 1 is 1.33 bits per heavy atom. The number of ether oxygens (including phenoxy) is 1. The number of sulfonamides is 1. The van der Waals surface area contributed by atoms with Gasteiger partial charge in [-0.2, -0.15) is 0 Å². The quantitative estimate of drug-likeness (QED) is 0.819. The predicted octanol–water partition coefficient (Wildman–Crippen LogP) is 0.382. The number of hydrogen-bond donors (Lipinski definition) is 2. The van der Waals surface area contributed by atoms with Crippen LogP contribution in [-0.4, -0.2) is 45.6 Å². The van der Waals surface area contributed by atoms with E-state index in [0.717, 1.165) is 26.1 Å². The van der Waals surface area contributed by atoms with Crippen molar-refractivity contribution in [3.05, 3.63) is 24.3 Å². The average Bonchev–Trinajstić information content (AvgIpc) is 2.42. The molecular formula is C14H23N3O3S. The average molecular weight is 313 g/mol. The number of nitrogens with two attached hydrogens (primary N) is 2. The molecule has 2 atom stereocenters. The third-order valence-electron chi connectivity index (χ3n) is 3.88. The number of likely N-dealkylation sites (tertiary alicyclic amines) is 1. The van der Waals surface area contributed by atoms with Gasteiger partial charge < -0.3 is 10.5 Å². The van der Waals surface area contributed by atoms with Gasteiger partial charge in [0.05, 0.1) is 4.90 Å². The van der Waals surface area contributed by atoms with Crippen LogP contribution in [0.4, 0.5) is 0 Å². The van der Waals surface area contributed by atoms with Crippen molar-refractivity contribution in [3.8, 4) is 5.75 Å². The van der Waals surface area contributed by atoms with Crippen LogP contribution in [0.1, 0.15) is 13.3 Å². The van der Waals surface area contributed by atoms with Crippen molar-refractivity contribution < 1.29 is 13.2 Å². The van der Waals surface area contributed by atoms with Crippen LogP contribution in [0.15, 0.2) is 29.2 Å². The molecule has 0 amide bonds. The van der Waals surface area contributed by atoms with E-state index in [2.05, 4.69) is 11.8 Å². The number of benzene rings is 1. The molecule has 1 aromatic carbocycles. The molecular weight excluding hydrogens is 290 g/mol. The third-order valence-corrected chi connectivity index (χ3v) is 4.81. The first kappa shape index (κ1) is 16.2. The molecule has 1 aromatic rings. The summed E-state index contributed by atoms with van der Waals surface area (Å²) in [6, 6.07) is 6.44. The van der Waals surface area contributed by atoms with E-state index in [9.17, 15) is 8.42 Å². The van der Waals surface area contributed by atoms with E-state index in [1.54, 1.807) is 12.1 Å². The Morgan fingerprint density at radius 3 is 2.57 bits per heavy atom. The lowest BCUT2D eigenvalue weighted by Gasteiger charge is -2.34. The number of primary sulfonamides is 1. The summed E-state index contributed by atoms with van der Waals surface area (Å²) in [6.45, 7) is 5.57. The van der Waals surface area contributed by atoms with E-state index in [4.69, 9.17) is 15.6 Å². The first-order valence-electron chi connectivity index (χ1n) is 7.10. The van der Waals surface area contributed by atoms with Gasteiger partial charge in [0.2, 0.25) is 10.0 Å². The lowest BCUT2D eigenvalue weighted by Crippen LogP contribution is -2.46. The summed E-state index contributed by atoms with van der Waals surface area (Å²) in [5.74, 6) is 1.15. The molecule has 0 saturated carbocycles. The Bertz CT molecular complexity index is 559. The van der Waals surface area contributed by atoms with Gasteiger partial charge in [0.25, 0.3) is 0 Å². The standard InChI is InChI=1S/C14H23N3O3S/c1-11-10-17(7-6-14(11)15)8-9-20-12-2-4-13(5-3-12)21(16,18)19/h2-5,11,14H,6-10,15H2,1H3,(H2,16,18,19). The van der Waals surface area contributed by atoms with Crippen LogP contribution in [0, 0.1) is 5.92 Å². The second-order valence-electron chi connectivity index (χ2n) is 5.60. The van der Waals surface area contributed by atoms with Gasteiger partial charge in [-0.05, 0) is 43.1 Å². The maximum atomic E-state index is 11.1. The summed E-state index contributed by atoms with van der Waals surface area (Å²) in [5, 5.41) is 5.04. The fourth-order valence-electron chi connectivity index (χ4n) is 2.47. The molecule has 1 heterocycles. The zero-order valence-electron chi connectivity index (χ0n) is 12.2. The fraction of sp³-hybridized carbons (Fsp3) is 0.571. The van der Waals surface area contributed by atoms with Crippen LogP contribution < -0.4 is 15.6 Å². The number of hydrogen-bond acceptors (Lipinski definition) is 5. The maximum absolute atomic E-state index is 11.1. The van der Waals surface area contributed by atoms with Gasteiger partial charge in [0, 0.05) is 19.1 Å². The van der Waals surface area contributed by atoms with Crippen molar-refractivity contribution in [2.45, 2.75) is 24.3 Å². The summed E-state index contributed by atoms with van der Waals surface area (Å²) >= 11 is 0. The van der Waals surface area contributed by atoms with E-state index >= 15 is 0 Å². The van der Waals surface area contributed by atoms with Gasteiger partial charge in [-0.15, -0.1) is 0 Å². The molecule has 1 saturated heterocycles. The molecule has 2 unspecified atom stereocenters. The molecule has 4 N–H and O–H groups in total. The lowest BCUT2D eigenvalue weighted by molar-refractivity contribution is 0.140. The number of nitrogens with zero attached hydrogens (tertiary/aromatic N) is 1. The van der Waals surface area contributed by atoms with Crippen molar-refractivity contribution in [3.63, 3.8) is 0 Å². The Hall–Kier alpha value is -1.15. The summed E-state index contributed by atoms with van der Waals surface area (Å²) < 4.78 is 27.9. The van der Waals surface area contributed by atoms with Crippen molar-refractivity contribution in [2.24, 2.45) is 16.8 Å². The highest BCUT2D eigenvalue weighted by molar-refractivity contribution is 7.89. The van der Waals surface area contributed by atoms with Gasteiger partial charge in [-0.25, -0.2) is 13.6 Å². The summed E-state index contributed by atoms with van der Waals surface area (Å²) in [5.41, 5.74) is 5.99. The summed E-state index contributed by atoms with van der Waals surface area (Å²) in [7, 11) is -3.64. The molecule has 7 heteroatoms. The Kier molecular flexibility index (Phi) is 5.21. The van der Waals surface area contributed by atoms with E-state index in [1.165, 1.54) is 12.1 Å². The molecule has 0 aromatic heterocycles. The minimum absolute atomic E-state index is 0.0914. The van der Waals surface area contributed by atoms with Crippen molar-refractivity contribution >= 4 is 10.0 Å². The van der Waals surface area contributed by atoms with Crippen LogP contribution >= 0.6 is 0 Å². The monoisotopic (exact) mass is 313 g/mol. The Labute approximate surface area is 126 Å². The largest absolute Gasteiger partial charge is 0.492 e. The molecule has 2 rings (SSSR count). The van der Waals surface area contributed by atoms with Crippen molar-refractivity contribution in [2.75, 3.05) is 26.2 Å². The van der Waals surface area contributed by atoms with E-state index in [1.807, 2.05) is 0 Å². The second-order valence-corrected chi connectivity index (χ2v) is 7.16. The van der Waals surface area contributed by atoms with Crippen LogP contribution in [0.5, 0.6) is 5.75 Å². The number of rotatable bonds is 5. The molecule has 0 spiro atoms. The highest BCUT2D eigenvalue weighted by atomic mass is 32.2. The highest BCUT2D eigenvalue weighted by Crippen LogP contribution is 2.16. The molecule has 21 heavy (non-hydrogen) atoms. The van der Waals surface area contributed by atoms with Gasteiger partial charge in [0.1, 0.15) is 12.4 Å². The first-order valence-corrected chi connectivity index (χ1v) is 8.64. The number of piperidine rings is 1. The molecule has 0 aliphatic carbocycles. The van der Waals surface area contributed by atoms with E-state index < -0.39 is 10.0 Å². The van der Waals surface area contributed by atoms with Crippen LogP contribution in [0.3, 0.4) is 0 Å². The van der Waals surface area contributed by atoms with E-state index in [-0.39, 0.29) is 4.90 Å². The van der Waals surface area contributed by atoms with Crippen LogP contribution in [0.25, 0.3) is 0 Å². The SMILES string of the molecule is CC1CN(CCOc2ccc(S(N)(=O)=O)cc2)CCC1N. The third kappa shape index (κ3) is 4.67. The zero-order valence-corrected chi connectivity index (χ0v) is 13.1. The van der Waals surface area contributed by atoms with Gasteiger partial charge in [0.15, 0.2) is 0 Å². The molecule has 1 aliphatic heterocycles. The summed E-state index contributed by atoms with van der Waals surface area (Å²) in [4.78, 5) is 2.43. The molecule has 6 nitrogen and oxygen atoms in total. The summed E-state index contributed by atoms with van der Waals surface area (Å²) in [6.07, 6.45) is 1.02. The fourth-order valence-corrected chi connectivity index (χ4v) is 2.99.